The van der Waals surface area contributed by atoms with Crippen molar-refractivity contribution in [2.24, 2.45) is 0 Å². The third kappa shape index (κ3) is 23.5. The summed E-state index contributed by atoms with van der Waals surface area (Å²) >= 11 is 0. The molecule has 0 aromatic rings. The Bertz CT molecular complexity index is 1510. The number of aliphatic hydroxyl groups is 4. The van der Waals surface area contributed by atoms with Gasteiger partial charge in [0.05, 0.1) is 6.61 Å². The van der Waals surface area contributed by atoms with Crippen LogP contribution in [0.3, 0.4) is 0 Å². The zero-order chi connectivity index (χ0) is 39.7. The molecule has 0 radical (unpaired) electrons. The summed E-state index contributed by atoms with van der Waals surface area (Å²) in [6.07, 6.45) is -0.866. The van der Waals surface area contributed by atoms with Gasteiger partial charge in [0.2, 0.25) is 0 Å². The summed E-state index contributed by atoms with van der Waals surface area (Å²) in [5.41, 5.74) is 0. The first-order valence-electron chi connectivity index (χ1n) is 17.5. The summed E-state index contributed by atoms with van der Waals surface area (Å²) in [6, 6.07) is 0. The number of esters is 2. The minimum absolute atomic E-state index is 0. The average Bonchev–Trinajstić information content (AvgIpc) is 3.10. The first-order chi connectivity index (χ1) is 25.1. The molecule has 0 amide bonds. The Hall–Kier alpha value is -2.41. The summed E-state index contributed by atoms with van der Waals surface area (Å²) < 4.78 is 48.3. The molecule has 16 nitrogen and oxygen atoms in total. The molecule has 0 spiro atoms. The quantitative estimate of drug-likeness (QED) is 0.0236. The number of hydrogen-bond donors (Lipinski definition) is 7. The van der Waals surface area contributed by atoms with Gasteiger partial charge in [0.25, 0.3) is 0 Å². The molecule has 0 aromatic carbocycles. The van der Waals surface area contributed by atoms with Crippen molar-refractivity contribution in [1.82, 2.24) is 0 Å². The van der Waals surface area contributed by atoms with Crippen LogP contribution in [0, 0.1) is 47.4 Å². The van der Waals surface area contributed by atoms with Gasteiger partial charge in [-0.2, -0.15) is 13.5 Å². The zero-order valence-electron chi connectivity index (χ0n) is 30.6. The van der Waals surface area contributed by atoms with E-state index in [0.29, 0.717) is 6.42 Å². The van der Waals surface area contributed by atoms with E-state index in [1.54, 1.807) is 6.92 Å². The predicted octanol–water partition coefficient (Wildman–Crippen LogP) is 4.23. The lowest BCUT2D eigenvalue weighted by Crippen LogP contribution is -2.64. The molecule has 4 unspecified atom stereocenters. The number of rotatable bonds is 24. The molecule has 0 bridgehead atoms. The van der Waals surface area contributed by atoms with Crippen LogP contribution in [0.4, 0.5) is 0 Å². The van der Waals surface area contributed by atoms with E-state index in [-0.39, 0.29) is 29.9 Å². The second-order valence-corrected chi connectivity index (χ2v) is 14.8. The molecule has 0 aromatic heterocycles. The van der Waals surface area contributed by atoms with Gasteiger partial charge in [-0.3, -0.25) is 18.4 Å². The van der Waals surface area contributed by atoms with Crippen LogP contribution < -0.4 is 0 Å². The second-order valence-electron chi connectivity index (χ2n) is 12.2. The molecule has 54 heavy (non-hydrogen) atoms. The molecule has 8 atom stereocenters. The van der Waals surface area contributed by atoms with E-state index in [2.05, 4.69) is 58.8 Å². The molecule has 1 saturated carbocycles. The highest BCUT2D eigenvalue weighted by Crippen LogP contribution is 2.49. The van der Waals surface area contributed by atoms with Gasteiger partial charge in [-0.25, -0.2) is 13.9 Å². The van der Waals surface area contributed by atoms with Crippen LogP contribution in [-0.2, 0) is 41.8 Å². The third-order valence-corrected chi connectivity index (χ3v) is 9.27. The standard InChI is InChI=1S/C35H52O16P2.H2S.7H2/c1-3-5-7-9-11-12-13-14-15-16-18-20-22-24-29(37)49-27(25-47-28(36)23-21-19-17-10-8-6-4-2)26-48-53(45,46)51-35-32(40)30(38)31(39)34(33(35)41)50-52(42,43)44;;;;;;;;/h27,30-35,38-41H,3,5,7,9,11-16,18,20,22,24-26H2,1-2H3,(H,45,46)(H2,42,43,44);1H2;7*1H/t27-,30-,31?,32-,33?,34+,35?;;;;;;;;/m1......../s1. The van der Waals surface area contributed by atoms with Crippen molar-refractivity contribution in [3.05, 3.63) is 0 Å². The topological polar surface area (TPSA) is 256 Å². The molecule has 1 aliphatic carbocycles. The molecule has 1 rings (SSSR count). The van der Waals surface area contributed by atoms with Crippen molar-refractivity contribution >= 4 is 41.1 Å². The number of phosphoric acid groups is 2. The third-order valence-electron chi connectivity index (χ3n) is 7.77. The number of carbonyl (C=O) groups is 2. The van der Waals surface area contributed by atoms with E-state index in [1.165, 1.54) is 44.9 Å². The highest BCUT2D eigenvalue weighted by Gasteiger charge is 2.54. The summed E-state index contributed by atoms with van der Waals surface area (Å²) in [6.45, 7) is 2.15. The van der Waals surface area contributed by atoms with E-state index < -0.39 is 83.5 Å². The van der Waals surface area contributed by atoms with Crippen LogP contribution in [0.1, 0.15) is 114 Å². The smallest absolute Gasteiger partial charge is 0.456 e. The summed E-state index contributed by atoms with van der Waals surface area (Å²) in [4.78, 5) is 53.2. The fraction of sp³-hybridized carbons (Fsp3) is 0.714. The summed E-state index contributed by atoms with van der Waals surface area (Å²) in [5, 5.41) is 40.8. The number of ether oxygens (including phenoxy) is 2. The number of unbranched alkanes of at least 4 members (excludes halogenated alkanes) is 12. The molecule has 1 fully saturated rings. The van der Waals surface area contributed by atoms with Crippen LogP contribution >= 0.6 is 29.1 Å². The Morgan fingerprint density at radius 2 is 1.15 bits per heavy atom. The van der Waals surface area contributed by atoms with Gasteiger partial charge in [0, 0.05) is 22.3 Å². The van der Waals surface area contributed by atoms with Gasteiger partial charge in [-0.05, 0) is 48.9 Å². The van der Waals surface area contributed by atoms with E-state index >= 15 is 0 Å². The lowest BCUT2D eigenvalue weighted by molar-refractivity contribution is -0.216. The van der Waals surface area contributed by atoms with Gasteiger partial charge in [-0.15, -0.1) is 0 Å². The van der Waals surface area contributed by atoms with Crippen molar-refractivity contribution in [3.63, 3.8) is 0 Å². The van der Waals surface area contributed by atoms with Gasteiger partial charge in [0.15, 0.2) is 6.10 Å². The maximum atomic E-state index is 12.8. The first kappa shape index (κ1) is 51.6. The predicted molar refractivity (Wildman–Crippen MR) is 215 cm³/mol. The Morgan fingerprint density at radius 1 is 0.667 bits per heavy atom. The van der Waals surface area contributed by atoms with Crippen molar-refractivity contribution in [2.45, 2.75) is 146 Å². The Labute approximate surface area is 334 Å². The van der Waals surface area contributed by atoms with Crippen molar-refractivity contribution < 1.29 is 86.9 Å². The van der Waals surface area contributed by atoms with Gasteiger partial charge < -0.3 is 44.6 Å². The van der Waals surface area contributed by atoms with Crippen LogP contribution in [0.5, 0.6) is 0 Å². The van der Waals surface area contributed by atoms with E-state index in [0.717, 1.165) is 32.1 Å². The summed E-state index contributed by atoms with van der Waals surface area (Å²) in [5.74, 6) is 16.9. The summed E-state index contributed by atoms with van der Waals surface area (Å²) in [7, 11) is -10.7. The minimum atomic E-state index is -5.38. The van der Waals surface area contributed by atoms with Crippen LogP contribution in [0.25, 0.3) is 0 Å². The van der Waals surface area contributed by atoms with Crippen LogP contribution in [0.15, 0.2) is 0 Å². The highest BCUT2D eigenvalue weighted by molar-refractivity contribution is 7.59. The number of phosphoric ester groups is 2. The first-order valence-corrected chi connectivity index (χ1v) is 20.5. The lowest BCUT2D eigenvalue weighted by atomic mass is 9.85. The zero-order valence-corrected chi connectivity index (χ0v) is 33.3. The molecule has 0 saturated heterocycles. The molecular weight excluding hydrogens is 770 g/mol. The molecule has 0 aliphatic heterocycles. The fourth-order valence-corrected chi connectivity index (χ4v) is 6.61. The van der Waals surface area contributed by atoms with Gasteiger partial charge in [0.1, 0.15) is 43.2 Å². The largest absolute Gasteiger partial charge is 0.472 e. The van der Waals surface area contributed by atoms with Gasteiger partial charge in [-0.1, -0.05) is 89.9 Å². The van der Waals surface area contributed by atoms with E-state index in [9.17, 15) is 44.0 Å². The van der Waals surface area contributed by atoms with Crippen molar-refractivity contribution in [1.29, 1.82) is 0 Å². The molecule has 7 N–H and O–H groups in total. The van der Waals surface area contributed by atoms with Crippen LogP contribution in [0.2, 0.25) is 0 Å². The maximum Gasteiger partial charge on any atom is 0.472 e. The van der Waals surface area contributed by atoms with Crippen molar-refractivity contribution in [3.8, 4) is 47.4 Å². The Morgan fingerprint density at radius 3 is 1.67 bits per heavy atom. The van der Waals surface area contributed by atoms with Gasteiger partial charge >= 0.3 is 27.6 Å². The minimum Gasteiger partial charge on any atom is -0.456 e. The normalized spacial score (nSPS) is 22.1. The second kappa shape index (κ2) is 28.9. The van der Waals surface area contributed by atoms with E-state index in [4.69, 9.17) is 28.3 Å². The molecular formula is C35H68O16P2S. The molecule has 320 valence electrons. The fourth-order valence-electron chi connectivity index (χ4n) is 5.07. The molecule has 19 heteroatoms. The SMILES string of the molecule is CC#CC#CC#CC#CC(=O)OC[C@H](COP(=O)(O)OC1C(O)[C@@H](OP(=O)(O)O)C(O)[C@@H](O)[C@H]1O)OC(=O)CCCCCCCCCCCCCCC.S.[HH].[HH].[HH].[HH].[HH].[HH].[HH]. The molecule has 1 aliphatic rings. The average molecular weight is 839 g/mol. The highest BCUT2D eigenvalue weighted by atomic mass is 32.1. The Balaban J connectivity index is -0.000000585. The lowest BCUT2D eigenvalue weighted by Gasteiger charge is -2.43. The number of carbonyl (C=O) groups excluding carboxylic acids is 2. The monoisotopic (exact) mass is 838 g/mol. The van der Waals surface area contributed by atoms with Crippen molar-refractivity contribution in [2.75, 3.05) is 13.2 Å². The number of hydrogen-bond acceptors (Lipinski definition) is 13. The molecule has 0 heterocycles. The Kier molecular flexibility index (Phi) is 27.6. The maximum absolute atomic E-state index is 12.8. The van der Waals surface area contributed by atoms with Crippen LogP contribution in [-0.4, -0.2) is 103 Å². The van der Waals surface area contributed by atoms with E-state index in [1.807, 2.05) is 0 Å². The number of aliphatic hydroxyl groups excluding tert-OH is 4.